The number of carbonyl (C=O) groups is 1. The highest BCUT2D eigenvalue weighted by molar-refractivity contribution is 5.93. The summed E-state index contributed by atoms with van der Waals surface area (Å²) in [5, 5.41) is 2.82. The fourth-order valence-electron chi connectivity index (χ4n) is 2.96. The Morgan fingerprint density at radius 1 is 1.11 bits per heavy atom. The molecule has 0 fully saturated rings. The van der Waals surface area contributed by atoms with Crippen LogP contribution in [0.1, 0.15) is 24.7 Å². The van der Waals surface area contributed by atoms with Gasteiger partial charge in [-0.05, 0) is 49.2 Å². The first kappa shape index (κ1) is 18.7. The number of nitrogens with zero attached hydrogens (tertiary/aromatic N) is 2. The minimum atomic E-state index is -0.0825. The van der Waals surface area contributed by atoms with E-state index in [1.165, 1.54) is 0 Å². The van der Waals surface area contributed by atoms with Crippen LogP contribution in [-0.4, -0.2) is 25.0 Å². The number of nitrogens with one attached hydrogen (secondary N) is 1. The van der Waals surface area contributed by atoms with Crippen LogP contribution in [0.15, 0.2) is 47.0 Å². The SMILES string of the molecule is CCC(=O)Nc1oc(C)cc1-c1ncc(-c2ccc(N(C)C)cc2)cc1C. The number of hydrogen-bond acceptors (Lipinski definition) is 4. The zero-order valence-corrected chi connectivity index (χ0v) is 16.5. The molecule has 0 spiro atoms. The molecule has 1 amide bonds. The molecule has 5 nitrogen and oxygen atoms in total. The molecule has 0 aliphatic heterocycles. The van der Waals surface area contributed by atoms with Gasteiger partial charge in [-0.1, -0.05) is 19.1 Å². The molecule has 2 aromatic heterocycles. The second kappa shape index (κ2) is 7.66. The van der Waals surface area contributed by atoms with Crippen molar-refractivity contribution in [2.45, 2.75) is 27.2 Å². The van der Waals surface area contributed by atoms with Gasteiger partial charge in [0.25, 0.3) is 0 Å². The van der Waals surface area contributed by atoms with E-state index in [-0.39, 0.29) is 5.91 Å². The monoisotopic (exact) mass is 363 g/mol. The first-order chi connectivity index (χ1) is 12.9. The van der Waals surface area contributed by atoms with Gasteiger partial charge in [0, 0.05) is 38.0 Å². The molecule has 2 heterocycles. The number of furan rings is 1. The van der Waals surface area contributed by atoms with Crippen LogP contribution in [0.4, 0.5) is 11.6 Å². The number of aryl methyl sites for hydroxylation is 2. The average molecular weight is 363 g/mol. The topological polar surface area (TPSA) is 58.4 Å². The fourth-order valence-corrected chi connectivity index (χ4v) is 2.96. The van der Waals surface area contributed by atoms with Crippen LogP contribution in [0.25, 0.3) is 22.4 Å². The fraction of sp³-hybridized carbons (Fsp3) is 0.273. The van der Waals surface area contributed by atoms with Crippen LogP contribution in [0.2, 0.25) is 0 Å². The lowest BCUT2D eigenvalue weighted by Gasteiger charge is -2.13. The molecule has 27 heavy (non-hydrogen) atoms. The van der Waals surface area contributed by atoms with E-state index in [4.69, 9.17) is 4.42 Å². The molecule has 0 bridgehead atoms. The Morgan fingerprint density at radius 3 is 2.41 bits per heavy atom. The van der Waals surface area contributed by atoms with Crippen molar-refractivity contribution in [2.75, 3.05) is 24.3 Å². The van der Waals surface area contributed by atoms with Crippen molar-refractivity contribution in [2.24, 2.45) is 0 Å². The van der Waals surface area contributed by atoms with Crippen LogP contribution >= 0.6 is 0 Å². The van der Waals surface area contributed by atoms with Crippen LogP contribution in [-0.2, 0) is 4.79 Å². The molecule has 0 radical (unpaired) electrons. The Kier molecular flexibility index (Phi) is 5.31. The van der Waals surface area contributed by atoms with E-state index < -0.39 is 0 Å². The molecule has 0 saturated carbocycles. The largest absolute Gasteiger partial charge is 0.445 e. The standard InChI is InChI=1S/C22H25N3O2/c1-6-20(26)24-22-19(12-15(3)27-22)21-14(2)11-17(13-23-21)16-7-9-18(10-8-16)25(4)5/h7-13H,6H2,1-5H3,(H,24,26). The Balaban J connectivity index is 1.95. The second-order valence-electron chi connectivity index (χ2n) is 6.83. The lowest BCUT2D eigenvalue weighted by Crippen LogP contribution is -2.09. The summed E-state index contributed by atoms with van der Waals surface area (Å²) in [4.78, 5) is 18.5. The van der Waals surface area contributed by atoms with Gasteiger partial charge in [0.2, 0.25) is 11.8 Å². The number of aromatic nitrogens is 1. The number of benzene rings is 1. The van der Waals surface area contributed by atoms with Gasteiger partial charge < -0.3 is 9.32 Å². The van der Waals surface area contributed by atoms with Gasteiger partial charge in [0.05, 0.1) is 11.3 Å². The Hall–Kier alpha value is -3.08. The normalized spacial score (nSPS) is 10.7. The number of carbonyl (C=O) groups excluding carboxylic acids is 1. The molecule has 0 atom stereocenters. The minimum absolute atomic E-state index is 0.0825. The summed E-state index contributed by atoms with van der Waals surface area (Å²) in [5.74, 6) is 1.11. The summed E-state index contributed by atoms with van der Waals surface area (Å²) in [7, 11) is 4.05. The van der Waals surface area contributed by atoms with Gasteiger partial charge in [-0.3, -0.25) is 15.1 Å². The van der Waals surface area contributed by atoms with Crippen LogP contribution in [0.3, 0.4) is 0 Å². The first-order valence-corrected chi connectivity index (χ1v) is 9.04. The number of hydrogen-bond donors (Lipinski definition) is 1. The molecule has 3 rings (SSSR count). The minimum Gasteiger partial charge on any atom is -0.445 e. The van der Waals surface area contributed by atoms with E-state index >= 15 is 0 Å². The molecule has 140 valence electrons. The predicted octanol–water partition coefficient (Wildman–Crippen LogP) is 5.04. The molecule has 0 unspecified atom stereocenters. The summed E-state index contributed by atoms with van der Waals surface area (Å²) < 4.78 is 5.67. The maximum absolute atomic E-state index is 11.8. The summed E-state index contributed by atoms with van der Waals surface area (Å²) in [6.45, 7) is 5.69. The Morgan fingerprint density at radius 2 is 1.81 bits per heavy atom. The highest BCUT2D eigenvalue weighted by Crippen LogP contribution is 2.34. The lowest BCUT2D eigenvalue weighted by atomic mass is 10.0. The summed E-state index contributed by atoms with van der Waals surface area (Å²) >= 11 is 0. The van der Waals surface area contributed by atoms with Gasteiger partial charge in [0.1, 0.15) is 5.76 Å². The van der Waals surface area contributed by atoms with Crippen molar-refractivity contribution >= 4 is 17.5 Å². The molecule has 0 aliphatic rings. The number of amides is 1. The Labute approximate surface area is 160 Å². The molecule has 5 heteroatoms. The highest BCUT2D eigenvalue weighted by atomic mass is 16.4. The van der Waals surface area contributed by atoms with Gasteiger partial charge >= 0.3 is 0 Å². The van der Waals surface area contributed by atoms with Crippen molar-refractivity contribution in [1.29, 1.82) is 0 Å². The van der Waals surface area contributed by atoms with Crippen molar-refractivity contribution in [3.63, 3.8) is 0 Å². The molecular weight excluding hydrogens is 338 g/mol. The third kappa shape index (κ3) is 4.03. The number of rotatable bonds is 5. The van der Waals surface area contributed by atoms with E-state index in [1.54, 1.807) is 0 Å². The third-order valence-electron chi connectivity index (χ3n) is 4.48. The van der Waals surface area contributed by atoms with Crippen molar-refractivity contribution in [1.82, 2.24) is 4.98 Å². The second-order valence-corrected chi connectivity index (χ2v) is 6.83. The zero-order valence-electron chi connectivity index (χ0n) is 16.5. The van der Waals surface area contributed by atoms with Crippen molar-refractivity contribution < 1.29 is 9.21 Å². The van der Waals surface area contributed by atoms with Crippen molar-refractivity contribution in [3.05, 3.63) is 53.9 Å². The molecule has 0 aliphatic carbocycles. The number of anilines is 2. The van der Waals surface area contributed by atoms with E-state index in [0.717, 1.165) is 39.4 Å². The maximum Gasteiger partial charge on any atom is 0.226 e. The molecule has 1 aromatic carbocycles. The van der Waals surface area contributed by atoms with Crippen LogP contribution in [0.5, 0.6) is 0 Å². The average Bonchev–Trinajstić information content (AvgIpc) is 3.01. The van der Waals surface area contributed by atoms with Gasteiger partial charge in [0.15, 0.2) is 0 Å². The predicted molar refractivity (Wildman–Crippen MR) is 110 cm³/mol. The van der Waals surface area contributed by atoms with Crippen LogP contribution < -0.4 is 10.2 Å². The smallest absolute Gasteiger partial charge is 0.226 e. The quantitative estimate of drug-likeness (QED) is 0.690. The van der Waals surface area contributed by atoms with E-state index in [0.29, 0.717) is 12.3 Å². The van der Waals surface area contributed by atoms with Gasteiger partial charge in [-0.25, -0.2) is 0 Å². The Bertz CT molecular complexity index is 956. The van der Waals surface area contributed by atoms with Gasteiger partial charge in [-0.2, -0.15) is 0 Å². The zero-order chi connectivity index (χ0) is 19.6. The summed E-state index contributed by atoms with van der Waals surface area (Å²) in [6.07, 6.45) is 2.26. The highest BCUT2D eigenvalue weighted by Gasteiger charge is 2.17. The summed E-state index contributed by atoms with van der Waals surface area (Å²) in [5.41, 5.74) is 5.97. The van der Waals surface area contributed by atoms with Gasteiger partial charge in [-0.15, -0.1) is 0 Å². The summed E-state index contributed by atoms with van der Waals surface area (Å²) in [6, 6.07) is 12.4. The number of pyridine rings is 1. The van der Waals surface area contributed by atoms with Crippen molar-refractivity contribution in [3.8, 4) is 22.4 Å². The van der Waals surface area contributed by atoms with Crippen LogP contribution in [0, 0.1) is 13.8 Å². The molecule has 3 aromatic rings. The van der Waals surface area contributed by atoms with E-state index in [1.807, 2.05) is 47.1 Å². The van der Waals surface area contributed by atoms with E-state index in [9.17, 15) is 4.79 Å². The van der Waals surface area contributed by atoms with E-state index in [2.05, 4.69) is 45.5 Å². The molecular formula is C22H25N3O2. The first-order valence-electron chi connectivity index (χ1n) is 9.04. The molecule has 1 N–H and O–H groups in total. The lowest BCUT2D eigenvalue weighted by molar-refractivity contribution is -0.116. The third-order valence-corrected chi connectivity index (χ3v) is 4.48. The maximum atomic E-state index is 11.8. The molecule has 0 saturated heterocycles.